The summed E-state index contributed by atoms with van der Waals surface area (Å²) in [5.74, 6) is -0.428. The zero-order valence-corrected chi connectivity index (χ0v) is 9.53. The molecule has 1 fully saturated rings. The summed E-state index contributed by atoms with van der Waals surface area (Å²) in [6.07, 6.45) is -3.61. The number of β-amino-alcohol motifs (C(OH)–C–C–N with tert-alkyl or cyclic N) is 1. The van der Waals surface area contributed by atoms with Gasteiger partial charge < -0.3 is 10.0 Å². The van der Waals surface area contributed by atoms with Crippen LogP contribution in [0.5, 0.6) is 0 Å². The van der Waals surface area contributed by atoms with Crippen molar-refractivity contribution < 1.29 is 23.1 Å². The molecule has 0 saturated carbocycles. The van der Waals surface area contributed by atoms with Crippen molar-refractivity contribution in [3.05, 3.63) is 29.6 Å². The van der Waals surface area contributed by atoms with Crippen molar-refractivity contribution in [3.63, 3.8) is 0 Å². The fraction of sp³-hybridized carbons (Fsp3) is 0.455. The van der Waals surface area contributed by atoms with Crippen LogP contribution in [0, 0.1) is 0 Å². The first-order chi connectivity index (χ1) is 8.19. The summed E-state index contributed by atoms with van der Waals surface area (Å²) in [6.45, 7) is 1.93. The molecule has 0 unspecified atom stereocenters. The SMILES string of the molecule is CC1(O)CN(C(=O)c2ccc(C(F)(F)F)nc2)C1. The van der Waals surface area contributed by atoms with Gasteiger partial charge in [0, 0.05) is 6.20 Å². The van der Waals surface area contributed by atoms with Crippen LogP contribution in [0.4, 0.5) is 13.2 Å². The van der Waals surface area contributed by atoms with E-state index in [9.17, 15) is 23.1 Å². The fourth-order valence-electron chi connectivity index (χ4n) is 1.79. The summed E-state index contributed by atoms with van der Waals surface area (Å²) in [5, 5.41) is 9.47. The zero-order valence-electron chi connectivity index (χ0n) is 9.53. The van der Waals surface area contributed by atoms with Gasteiger partial charge in [-0.25, -0.2) is 0 Å². The van der Waals surface area contributed by atoms with Crippen LogP contribution in [0.3, 0.4) is 0 Å². The lowest BCUT2D eigenvalue weighted by Gasteiger charge is -2.44. The second kappa shape index (κ2) is 3.94. The van der Waals surface area contributed by atoms with Gasteiger partial charge in [-0.05, 0) is 19.1 Å². The Hall–Kier alpha value is -1.63. The summed E-state index contributed by atoms with van der Waals surface area (Å²) < 4.78 is 36.8. The molecule has 1 aliphatic heterocycles. The summed E-state index contributed by atoms with van der Waals surface area (Å²) in [7, 11) is 0. The highest BCUT2D eigenvalue weighted by molar-refractivity contribution is 5.94. The maximum Gasteiger partial charge on any atom is 0.433 e. The summed E-state index contributed by atoms with van der Waals surface area (Å²) >= 11 is 0. The molecule has 98 valence electrons. The zero-order chi connectivity index (χ0) is 13.6. The van der Waals surface area contributed by atoms with Gasteiger partial charge in [-0.2, -0.15) is 13.2 Å². The minimum atomic E-state index is -4.51. The first kappa shape index (κ1) is 12.8. The molecule has 7 heteroatoms. The Balaban J connectivity index is 2.09. The molecule has 1 amide bonds. The van der Waals surface area contributed by atoms with Crippen molar-refractivity contribution in [2.75, 3.05) is 13.1 Å². The molecule has 0 bridgehead atoms. The number of pyridine rings is 1. The van der Waals surface area contributed by atoms with Crippen LogP contribution >= 0.6 is 0 Å². The standard InChI is InChI=1S/C11H11F3N2O2/c1-10(18)5-16(6-10)9(17)7-2-3-8(15-4-7)11(12,13)14/h2-4,18H,5-6H2,1H3. The minimum absolute atomic E-state index is 0.0819. The van der Waals surface area contributed by atoms with E-state index in [0.717, 1.165) is 18.3 Å². The maximum atomic E-state index is 12.3. The molecule has 1 aromatic rings. The van der Waals surface area contributed by atoms with E-state index >= 15 is 0 Å². The van der Waals surface area contributed by atoms with Gasteiger partial charge in [0.25, 0.3) is 5.91 Å². The number of carbonyl (C=O) groups excluding carboxylic acids is 1. The van der Waals surface area contributed by atoms with Crippen molar-refractivity contribution in [1.29, 1.82) is 0 Å². The van der Waals surface area contributed by atoms with Crippen LogP contribution in [0.1, 0.15) is 23.0 Å². The Morgan fingerprint density at radius 1 is 1.44 bits per heavy atom. The lowest BCUT2D eigenvalue weighted by molar-refractivity contribution is -0.141. The lowest BCUT2D eigenvalue weighted by atomic mass is 9.96. The van der Waals surface area contributed by atoms with Gasteiger partial charge in [-0.15, -0.1) is 0 Å². The molecule has 0 spiro atoms. The van der Waals surface area contributed by atoms with Gasteiger partial charge in [0.1, 0.15) is 5.69 Å². The second-order valence-corrected chi connectivity index (χ2v) is 4.59. The number of amides is 1. The number of hydrogen-bond acceptors (Lipinski definition) is 3. The maximum absolute atomic E-state index is 12.3. The van der Waals surface area contributed by atoms with E-state index < -0.39 is 23.4 Å². The van der Waals surface area contributed by atoms with E-state index in [1.807, 2.05) is 0 Å². The monoisotopic (exact) mass is 260 g/mol. The van der Waals surface area contributed by atoms with E-state index in [4.69, 9.17) is 0 Å². The molecule has 1 aromatic heterocycles. The van der Waals surface area contributed by atoms with Crippen LogP contribution in [-0.2, 0) is 6.18 Å². The number of likely N-dealkylation sites (tertiary alicyclic amines) is 1. The molecular formula is C11H11F3N2O2. The molecule has 2 heterocycles. The molecule has 1 N–H and O–H groups in total. The Morgan fingerprint density at radius 2 is 2.06 bits per heavy atom. The Kier molecular flexibility index (Phi) is 2.81. The number of nitrogens with zero attached hydrogens (tertiary/aromatic N) is 2. The van der Waals surface area contributed by atoms with Gasteiger partial charge in [-0.1, -0.05) is 0 Å². The molecule has 4 nitrogen and oxygen atoms in total. The van der Waals surface area contributed by atoms with E-state index in [-0.39, 0.29) is 18.7 Å². The topological polar surface area (TPSA) is 53.4 Å². The lowest BCUT2D eigenvalue weighted by Crippen LogP contribution is -2.61. The molecule has 1 aliphatic rings. The van der Waals surface area contributed by atoms with Crippen LogP contribution in [-0.4, -0.2) is 39.6 Å². The second-order valence-electron chi connectivity index (χ2n) is 4.59. The van der Waals surface area contributed by atoms with E-state index in [1.165, 1.54) is 4.90 Å². The van der Waals surface area contributed by atoms with Gasteiger partial charge >= 0.3 is 6.18 Å². The van der Waals surface area contributed by atoms with Gasteiger partial charge in [0.05, 0.1) is 24.3 Å². The summed E-state index contributed by atoms with van der Waals surface area (Å²) in [4.78, 5) is 16.3. The third kappa shape index (κ3) is 2.45. The molecule has 2 rings (SSSR count). The Bertz CT molecular complexity index is 460. The largest absolute Gasteiger partial charge is 0.433 e. The highest BCUT2D eigenvalue weighted by Gasteiger charge is 2.40. The number of aliphatic hydroxyl groups is 1. The van der Waals surface area contributed by atoms with Crippen LogP contribution in [0.2, 0.25) is 0 Å². The average Bonchev–Trinajstić information content (AvgIpc) is 2.24. The quantitative estimate of drug-likeness (QED) is 0.828. The third-order valence-corrected chi connectivity index (χ3v) is 2.65. The van der Waals surface area contributed by atoms with Crippen LogP contribution in [0.25, 0.3) is 0 Å². The number of carbonyl (C=O) groups is 1. The molecule has 1 saturated heterocycles. The Morgan fingerprint density at radius 3 is 2.44 bits per heavy atom. The van der Waals surface area contributed by atoms with Crippen molar-refractivity contribution in [3.8, 4) is 0 Å². The van der Waals surface area contributed by atoms with Crippen molar-refractivity contribution in [2.24, 2.45) is 0 Å². The van der Waals surface area contributed by atoms with Gasteiger partial charge in [0.15, 0.2) is 0 Å². The van der Waals surface area contributed by atoms with Crippen molar-refractivity contribution in [1.82, 2.24) is 9.88 Å². The molecule has 18 heavy (non-hydrogen) atoms. The smallest absolute Gasteiger partial charge is 0.386 e. The molecule has 0 atom stereocenters. The summed E-state index contributed by atoms with van der Waals surface area (Å²) in [6, 6.07) is 1.86. The predicted octanol–water partition coefficient (Wildman–Crippen LogP) is 1.31. The highest BCUT2D eigenvalue weighted by atomic mass is 19.4. The highest BCUT2D eigenvalue weighted by Crippen LogP contribution is 2.28. The van der Waals surface area contributed by atoms with Crippen LogP contribution < -0.4 is 0 Å². The van der Waals surface area contributed by atoms with E-state index in [1.54, 1.807) is 6.92 Å². The first-order valence-corrected chi connectivity index (χ1v) is 5.24. The molecule has 0 radical (unpaired) electrons. The minimum Gasteiger partial charge on any atom is -0.386 e. The number of halogens is 3. The predicted molar refractivity (Wildman–Crippen MR) is 55.8 cm³/mol. The van der Waals surface area contributed by atoms with Gasteiger partial charge in [0.2, 0.25) is 0 Å². The van der Waals surface area contributed by atoms with Gasteiger partial charge in [-0.3, -0.25) is 9.78 Å². The van der Waals surface area contributed by atoms with E-state index in [2.05, 4.69) is 4.98 Å². The fourth-order valence-corrected chi connectivity index (χ4v) is 1.79. The molecule has 0 aliphatic carbocycles. The van der Waals surface area contributed by atoms with Crippen molar-refractivity contribution >= 4 is 5.91 Å². The number of hydrogen-bond donors (Lipinski definition) is 1. The molecule has 0 aromatic carbocycles. The molecular weight excluding hydrogens is 249 g/mol. The number of rotatable bonds is 1. The van der Waals surface area contributed by atoms with E-state index in [0.29, 0.717) is 0 Å². The first-order valence-electron chi connectivity index (χ1n) is 5.24. The number of aromatic nitrogens is 1. The van der Waals surface area contributed by atoms with Crippen molar-refractivity contribution in [2.45, 2.75) is 18.7 Å². The average molecular weight is 260 g/mol. The van der Waals surface area contributed by atoms with Crippen LogP contribution in [0.15, 0.2) is 18.3 Å². The third-order valence-electron chi connectivity index (χ3n) is 2.65. The Labute approximate surface area is 101 Å². The summed E-state index contributed by atoms with van der Waals surface area (Å²) in [5.41, 5.74) is -1.86. The number of alkyl halides is 3. The normalized spacial score (nSPS) is 18.4.